The average molecular weight is 217 g/mol. The minimum absolute atomic E-state index is 0.0772. The lowest BCUT2D eigenvalue weighted by atomic mass is 9.92. The predicted molar refractivity (Wildman–Crippen MR) is 66.9 cm³/mol. The van der Waals surface area contributed by atoms with Gasteiger partial charge in [0.05, 0.1) is 5.84 Å². The molecule has 4 N–H and O–H groups in total. The van der Waals surface area contributed by atoms with Gasteiger partial charge in [0.15, 0.2) is 0 Å². The number of amidine groups is 1. The summed E-state index contributed by atoms with van der Waals surface area (Å²) in [6, 6.07) is 0. The second-order valence-corrected chi connectivity index (χ2v) is 5.34. The molecule has 0 aromatic carbocycles. The SMILES string of the molecule is CC(N)=NCCSC[C@@](C)(N)C(C)C. The van der Waals surface area contributed by atoms with Crippen LogP contribution in [0.4, 0.5) is 0 Å². The van der Waals surface area contributed by atoms with E-state index in [1.165, 1.54) is 0 Å². The monoisotopic (exact) mass is 217 g/mol. The highest BCUT2D eigenvalue weighted by Crippen LogP contribution is 2.18. The molecule has 0 bridgehead atoms. The number of hydrogen-bond acceptors (Lipinski definition) is 3. The molecular formula is C10H23N3S. The van der Waals surface area contributed by atoms with Crippen molar-refractivity contribution in [3.05, 3.63) is 0 Å². The van der Waals surface area contributed by atoms with Gasteiger partial charge in [-0.05, 0) is 19.8 Å². The van der Waals surface area contributed by atoms with Crippen LogP contribution in [0, 0.1) is 5.92 Å². The zero-order chi connectivity index (χ0) is 11.2. The van der Waals surface area contributed by atoms with Gasteiger partial charge in [-0.15, -0.1) is 0 Å². The largest absolute Gasteiger partial charge is 0.388 e. The molecule has 4 heteroatoms. The van der Waals surface area contributed by atoms with E-state index in [2.05, 4.69) is 25.8 Å². The molecule has 0 aromatic heterocycles. The van der Waals surface area contributed by atoms with Crippen LogP contribution in [0.3, 0.4) is 0 Å². The molecule has 0 fully saturated rings. The van der Waals surface area contributed by atoms with Crippen LogP contribution in [0.15, 0.2) is 4.99 Å². The van der Waals surface area contributed by atoms with Gasteiger partial charge in [-0.25, -0.2) is 0 Å². The lowest BCUT2D eigenvalue weighted by molar-refractivity contribution is 0.381. The Kier molecular flexibility index (Phi) is 6.20. The molecular weight excluding hydrogens is 194 g/mol. The van der Waals surface area contributed by atoms with Crippen LogP contribution in [0.2, 0.25) is 0 Å². The highest BCUT2D eigenvalue weighted by Gasteiger charge is 2.22. The van der Waals surface area contributed by atoms with Crippen LogP contribution < -0.4 is 11.5 Å². The summed E-state index contributed by atoms with van der Waals surface area (Å²) in [5, 5.41) is 0. The van der Waals surface area contributed by atoms with Gasteiger partial charge in [-0.1, -0.05) is 13.8 Å². The third-order valence-electron chi connectivity index (χ3n) is 2.33. The Hall–Kier alpha value is -0.220. The van der Waals surface area contributed by atoms with Gasteiger partial charge in [0.1, 0.15) is 0 Å². The summed E-state index contributed by atoms with van der Waals surface area (Å²) in [5.41, 5.74) is 11.5. The van der Waals surface area contributed by atoms with E-state index < -0.39 is 0 Å². The quantitative estimate of drug-likeness (QED) is 0.402. The van der Waals surface area contributed by atoms with E-state index in [4.69, 9.17) is 11.5 Å². The summed E-state index contributed by atoms with van der Waals surface area (Å²) in [5.74, 6) is 3.14. The van der Waals surface area contributed by atoms with Crippen LogP contribution >= 0.6 is 11.8 Å². The number of rotatable bonds is 6. The minimum atomic E-state index is -0.0772. The van der Waals surface area contributed by atoms with Crippen molar-refractivity contribution >= 4 is 17.6 Å². The van der Waals surface area contributed by atoms with Crippen molar-refractivity contribution in [3.63, 3.8) is 0 Å². The number of thioether (sulfide) groups is 1. The van der Waals surface area contributed by atoms with E-state index >= 15 is 0 Å². The molecule has 3 nitrogen and oxygen atoms in total. The van der Waals surface area contributed by atoms with Gasteiger partial charge < -0.3 is 11.5 Å². The van der Waals surface area contributed by atoms with E-state index in [1.807, 2.05) is 18.7 Å². The molecule has 14 heavy (non-hydrogen) atoms. The van der Waals surface area contributed by atoms with Gasteiger partial charge in [0, 0.05) is 23.6 Å². The summed E-state index contributed by atoms with van der Waals surface area (Å²) >= 11 is 1.84. The van der Waals surface area contributed by atoms with E-state index in [9.17, 15) is 0 Å². The van der Waals surface area contributed by atoms with E-state index in [-0.39, 0.29) is 5.54 Å². The van der Waals surface area contributed by atoms with Gasteiger partial charge in [-0.3, -0.25) is 4.99 Å². The zero-order valence-corrected chi connectivity index (χ0v) is 10.5. The lowest BCUT2D eigenvalue weighted by Crippen LogP contribution is -2.44. The van der Waals surface area contributed by atoms with Crippen LogP contribution in [0.5, 0.6) is 0 Å². The third kappa shape index (κ3) is 6.27. The molecule has 0 radical (unpaired) electrons. The van der Waals surface area contributed by atoms with Crippen LogP contribution in [-0.2, 0) is 0 Å². The second-order valence-electron chi connectivity index (χ2n) is 4.24. The highest BCUT2D eigenvalue weighted by molar-refractivity contribution is 7.99. The maximum atomic E-state index is 6.12. The maximum Gasteiger partial charge on any atom is 0.0905 e. The van der Waals surface area contributed by atoms with Crippen molar-refractivity contribution in [3.8, 4) is 0 Å². The Morgan fingerprint density at radius 1 is 1.50 bits per heavy atom. The van der Waals surface area contributed by atoms with Crippen molar-refractivity contribution in [2.24, 2.45) is 22.4 Å². The summed E-state index contributed by atoms with van der Waals surface area (Å²) < 4.78 is 0. The number of nitrogens with zero attached hydrogens (tertiary/aromatic N) is 1. The molecule has 0 aliphatic carbocycles. The fourth-order valence-corrected chi connectivity index (χ4v) is 1.88. The van der Waals surface area contributed by atoms with Crippen LogP contribution in [-0.4, -0.2) is 29.4 Å². The van der Waals surface area contributed by atoms with Gasteiger partial charge >= 0.3 is 0 Å². The molecule has 0 saturated heterocycles. The topological polar surface area (TPSA) is 64.4 Å². The third-order valence-corrected chi connectivity index (χ3v) is 3.63. The Bertz CT molecular complexity index is 184. The van der Waals surface area contributed by atoms with E-state index in [0.717, 1.165) is 18.1 Å². The molecule has 0 aliphatic heterocycles. The molecule has 0 aromatic rings. The molecule has 0 spiro atoms. The predicted octanol–water partition coefficient (Wildman–Crippen LogP) is 1.47. The zero-order valence-electron chi connectivity index (χ0n) is 9.71. The fraction of sp³-hybridized carbons (Fsp3) is 0.900. The molecule has 0 saturated carbocycles. The fourth-order valence-electron chi connectivity index (χ4n) is 0.745. The second kappa shape index (κ2) is 6.30. The normalized spacial score (nSPS) is 17.1. The van der Waals surface area contributed by atoms with Crippen molar-refractivity contribution in [1.82, 2.24) is 0 Å². The Morgan fingerprint density at radius 3 is 2.50 bits per heavy atom. The van der Waals surface area contributed by atoms with Crippen molar-refractivity contribution < 1.29 is 0 Å². The van der Waals surface area contributed by atoms with Crippen molar-refractivity contribution in [1.29, 1.82) is 0 Å². The van der Waals surface area contributed by atoms with E-state index in [0.29, 0.717) is 11.8 Å². The number of hydrogen-bond donors (Lipinski definition) is 2. The molecule has 0 rings (SSSR count). The van der Waals surface area contributed by atoms with Gasteiger partial charge in [0.2, 0.25) is 0 Å². The summed E-state index contributed by atoms with van der Waals surface area (Å²) in [6.07, 6.45) is 0. The van der Waals surface area contributed by atoms with Gasteiger partial charge in [-0.2, -0.15) is 11.8 Å². The first-order chi connectivity index (χ1) is 6.36. The summed E-state index contributed by atoms with van der Waals surface area (Å²) in [4.78, 5) is 4.12. The molecule has 1 atom stereocenters. The average Bonchev–Trinajstić information content (AvgIpc) is 2.02. The first-order valence-electron chi connectivity index (χ1n) is 4.99. The van der Waals surface area contributed by atoms with E-state index in [1.54, 1.807) is 0 Å². The Labute approximate surface area is 91.7 Å². The number of nitrogens with two attached hydrogens (primary N) is 2. The maximum absolute atomic E-state index is 6.12. The first-order valence-corrected chi connectivity index (χ1v) is 6.15. The standard InChI is InChI=1S/C10H23N3S/c1-8(2)10(4,12)7-14-6-5-13-9(3)11/h8H,5-7,12H2,1-4H3,(H2,11,13)/t10-/m1/s1. The first kappa shape index (κ1) is 13.8. The summed E-state index contributed by atoms with van der Waals surface area (Å²) in [7, 11) is 0. The van der Waals surface area contributed by atoms with Gasteiger partial charge in [0.25, 0.3) is 0 Å². The smallest absolute Gasteiger partial charge is 0.0905 e. The Balaban J connectivity index is 3.59. The minimum Gasteiger partial charge on any atom is -0.388 e. The summed E-state index contributed by atoms with van der Waals surface area (Å²) in [6.45, 7) is 9.01. The molecule has 0 amide bonds. The van der Waals surface area contributed by atoms with Crippen LogP contribution in [0.25, 0.3) is 0 Å². The molecule has 84 valence electrons. The Morgan fingerprint density at radius 2 is 2.07 bits per heavy atom. The number of aliphatic imine (C=N–C) groups is 1. The molecule has 0 unspecified atom stereocenters. The molecule has 0 aliphatic rings. The molecule has 0 heterocycles. The van der Waals surface area contributed by atoms with Crippen molar-refractivity contribution in [2.45, 2.75) is 33.2 Å². The highest BCUT2D eigenvalue weighted by atomic mass is 32.2. The lowest BCUT2D eigenvalue weighted by Gasteiger charge is -2.28. The van der Waals surface area contributed by atoms with Crippen molar-refractivity contribution in [2.75, 3.05) is 18.1 Å². The van der Waals surface area contributed by atoms with Crippen LogP contribution in [0.1, 0.15) is 27.7 Å².